The van der Waals surface area contributed by atoms with Gasteiger partial charge in [-0.2, -0.15) is 0 Å². The topological polar surface area (TPSA) is 275 Å². The molecule has 38 heavy (non-hydrogen) atoms. The molecule has 4 amide bonds. The quantitative estimate of drug-likeness (QED) is 0.0837. The molecule has 0 aliphatic rings. The van der Waals surface area contributed by atoms with Gasteiger partial charge in [0, 0.05) is 12.8 Å². The van der Waals surface area contributed by atoms with E-state index in [4.69, 9.17) is 21.1 Å². The highest BCUT2D eigenvalue weighted by Crippen LogP contribution is 2.07. The van der Waals surface area contributed by atoms with E-state index in [2.05, 4.69) is 21.3 Å². The van der Waals surface area contributed by atoms with Gasteiger partial charge < -0.3 is 47.4 Å². The Hall–Kier alpha value is -3.79. The molecule has 0 heterocycles. The summed E-state index contributed by atoms with van der Waals surface area (Å²) >= 11 is 0. The molecule has 0 aromatic heterocycles. The van der Waals surface area contributed by atoms with Crippen LogP contribution in [0.15, 0.2) is 0 Å². The predicted octanol–water partition coefficient (Wildman–Crippen LogP) is -2.87. The Bertz CT molecular complexity index is 880. The van der Waals surface area contributed by atoms with Crippen LogP contribution in [0.25, 0.3) is 0 Å². The Balaban J connectivity index is 5.51. The average molecular weight is 548 g/mol. The summed E-state index contributed by atoms with van der Waals surface area (Å²) in [5, 5.41) is 45.3. The highest BCUT2D eigenvalue weighted by atomic mass is 16.4. The first kappa shape index (κ1) is 34.2. The smallest absolute Gasteiger partial charge is 0.325 e. The lowest BCUT2D eigenvalue weighted by Gasteiger charge is -2.26. The summed E-state index contributed by atoms with van der Waals surface area (Å²) in [7, 11) is 0. The number of aliphatic hydroxyl groups is 1. The van der Waals surface area contributed by atoms with Crippen molar-refractivity contribution < 1.29 is 54.0 Å². The number of amides is 4. The highest BCUT2D eigenvalue weighted by molar-refractivity contribution is 5.95. The molecule has 0 spiro atoms. The highest BCUT2D eigenvalue weighted by Gasteiger charge is 2.31. The lowest BCUT2D eigenvalue weighted by Crippen LogP contribution is -2.59. The summed E-state index contributed by atoms with van der Waals surface area (Å²) < 4.78 is 0. The van der Waals surface area contributed by atoms with Crippen LogP contribution < -0.4 is 27.0 Å². The Morgan fingerprint density at radius 2 is 1.11 bits per heavy atom. The molecule has 0 rings (SSSR count). The number of aliphatic hydroxyl groups excluding tert-OH is 1. The van der Waals surface area contributed by atoms with Crippen LogP contribution in [0.1, 0.15) is 52.9 Å². The predicted molar refractivity (Wildman–Crippen MR) is 129 cm³/mol. The molecule has 0 aromatic rings. The molecule has 16 nitrogen and oxygen atoms in total. The van der Waals surface area contributed by atoms with Crippen molar-refractivity contribution in [2.24, 2.45) is 11.7 Å². The minimum Gasteiger partial charge on any atom is -0.481 e. The van der Waals surface area contributed by atoms with Crippen LogP contribution in [0.4, 0.5) is 0 Å². The summed E-state index contributed by atoms with van der Waals surface area (Å²) in [4.78, 5) is 83.0. The fraction of sp³-hybridized carbons (Fsp3) is 0.682. The van der Waals surface area contributed by atoms with Crippen LogP contribution in [0.5, 0.6) is 0 Å². The minimum absolute atomic E-state index is 0.0987. The zero-order valence-electron chi connectivity index (χ0n) is 21.4. The second-order valence-corrected chi connectivity index (χ2v) is 9.04. The van der Waals surface area contributed by atoms with Gasteiger partial charge in [0.05, 0.1) is 12.6 Å². The molecule has 0 bridgehead atoms. The molecule has 0 aromatic carbocycles. The Labute approximate surface area is 218 Å². The molecular formula is C22H37N5O11. The second-order valence-electron chi connectivity index (χ2n) is 9.04. The molecule has 10 N–H and O–H groups in total. The molecule has 16 heteroatoms. The first-order valence-corrected chi connectivity index (χ1v) is 11.8. The Kier molecular flexibility index (Phi) is 15.2. The molecule has 0 radical (unpaired) electrons. The largest absolute Gasteiger partial charge is 0.481 e. The number of carbonyl (C=O) groups excluding carboxylic acids is 4. The lowest BCUT2D eigenvalue weighted by atomic mass is 10.0. The molecule has 0 aliphatic carbocycles. The second kappa shape index (κ2) is 16.9. The van der Waals surface area contributed by atoms with Crippen molar-refractivity contribution in [2.75, 3.05) is 6.61 Å². The number of carbonyl (C=O) groups is 7. The fourth-order valence-electron chi connectivity index (χ4n) is 3.04. The summed E-state index contributed by atoms with van der Waals surface area (Å²) in [5.41, 5.74) is 5.62. The van der Waals surface area contributed by atoms with Gasteiger partial charge in [0.2, 0.25) is 23.6 Å². The van der Waals surface area contributed by atoms with Crippen molar-refractivity contribution in [1.29, 1.82) is 0 Å². The standard InChI is InChI=1S/C22H37N5O11/c1-10(2)8-14(20(35)24-11(3)22(37)38)26-21(36)15(9-28)27-19(34)13(5-7-17(31)32)25-18(33)12(23)4-6-16(29)30/h10-15,28H,4-9,23H2,1-3H3,(H,24,35)(H,25,33)(H,26,36)(H,27,34)(H,29,30)(H,31,32)(H,37,38)/t11-,12-,13-,14-,15-/m0/s1. The van der Waals surface area contributed by atoms with E-state index in [0.29, 0.717) is 0 Å². The van der Waals surface area contributed by atoms with Crippen molar-refractivity contribution in [3.63, 3.8) is 0 Å². The number of nitrogens with two attached hydrogens (primary N) is 1. The third kappa shape index (κ3) is 13.5. The molecule has 0 unspecified atom stereocenters. The molecule has 216 valence electrons. The van der Waals surface area contributed by atoms with Gasteiger partial charge in [-0.15, -0.1) is 0 Å². The Morgan fingerprint density at radius 1 is 0.658 bits per heavy atom. The SMILES string of the molecule is CC(C)C[C@H](NC(=O)[C@H](CO)NC(=O)[C@H](CCC(=O)O)NC(=O)[C@@H](N)CCC(=O)O)C(=O)N[C@@H](C)C(=O)O. The van der Waals surface area contributed by atoms with Crippen molar-refractivity contribution in [2.45, 2.75) is 83.1 Å². The molecule has 0 saturated heterocycles. The van der Waals surface area contributed by atoms with Crippen LogP contribution in [0.3, 0.4) is 0 Å². The molecular weight excluding hydrogens is 510 g/mol. The van der Waals surface area contributed by atoms with E-state index in [0.717, 1.165) is 0 Å². The maximum absolute atomic E-state index is 12.8. The number of rotatable bonds is 18. The fourth-order valence-corrected chi connectivity index (χ4v) is 3.04. The van der Waals surface area contributed by atoms with Gasteiger partial charge in [0.1, 0.15) is 24.2 Å². The summed E-state index contributed by atoms with van der Waals surface area (Å²) in [6.07, 6.45) is -1.55. The van der Waals surface area contributed by atoms with Gasteiger partial charge in [-0.25, -0.2) is 0 Å². The van der Waals surface area contributed by atoms with Gasteiger partial charge in [-0.1, -0.05) is 13.8 Å². The van der Waals surface area contributed by atoms with Gasteiger partial charge in [-0.3, -0.25) is 33.6 Å². The number of carboxylic acids is 3. The molecule has 0 saturated carbocycles. The van der Waals surface area contributed by atoms with Gasteiger partial charge in [-0.05, 0) is 32.1 Å². The van der Waals surface area contributed by atoms with Crippen molar-refractivity contribution >= 4 is 41.5 Å². The van der Waals surface area contributed by atoms with Crippen LogP contribution in [0.2, 0.25) is 0 Å². The molecule has 5 atom stereocenters. The van der Waals surface area contributed by atoms with Crippen molar-refractivity contribution in [1.82, 2.24) is 21.3 Å². The van der Waals surface area contributed by atoms with Crippen LogP contribution in [0, 0.1) is 5.92 Å². The van der Waals surface area contributed by atoms with Crippen LogP contribution in [-0.4, -0.2) is 98.8 Å². The van der Waals surface area contributed by atoms with E-state index >= 15 is 0 Å². The molecule has 0 aliphatic heterocycles. The minimum atomic E-state index is -1.62. The van der Waals surface area contributed by atoms with Gasteiger partial charge >= 0.3 is 17.9 Å². The first-order valence-electron chi connectivity index (χ1n) is 11.8. The average Bonchev–Trinajstić information content (AvgIpc) is 2.81. The van der Waals surface area contributed by atoms with Crippen LogP contribution in [-0.2, 0) is 33.6 Å². The third-order valence-electron chi connectivity index (χ3n) is 5.17. The van der Waals surface area contributed by atoms with Crippen LogP contribution >= 0.6 is 0 Å². The number of nitrogens with one attached hydrogen (secondary N) is 4. The summed E-state index contributed by atoms with van der Waals surface area (Å²) in [6.45, 7) is 3.78. The zero-order valence-corrected chi connectivity index (χ0v) is 21.4. The van der Waals surface area contributed by atoms with E-state index in [1.54, 1.807) is 13.8 Å². The lowest BCUT2D eigenvalue weighted by molar-refractivity contribution is -0.142. The van der Waals surface area contributed by atoms with Gasteiger partial charge in [0.15, 0.2) is 0 Å². The van der Waals surface area contributed by atoms with Gasteiger partial charge in [0.25, 0.3) is 0 Å². The summed E-state index contributed by atoms with van der Waals surface area (Å²) in [6, 6.07) is -6.88. The number of hydrogen-bond acceptors (Lipinski definition) is 9. The normalized spacial score (nSPS) is 14.8. The first-order chi connectivity index (χ1) is 17.6. The zero-order chi connectivity index (χ0) is 29.6. The van der Waals surface area contributed by atoms with Crippen molar-refractivity contribution in [3.05, 3.63) is 0 Å². The molecule has 0 fully saturated rings. The van der Waals surface area contributed by atoms with Crippen molar-refractivity contribution in [3.8, 4) is 0 Å². The van der Waals surface area contributed by atoms with E-state index in [9.17, 15) is 38.7 Å². The monoisotopic (exact) mass is 547 g/mol. The van der Waals surface area contributed by atoms with E-state index in [1.807, 2.05) is 0 Å². The summed E-state index contributed by atoms with van der Waals surface area (Å²) in [5.74, 6) is -7.67. The Morgan fingerprint density at radius 3 is 1.58 bits per heavy atom. The third-order valence-corrected chi connectivity index (χ3v) is 5.17. The maximum Gasteiger partial charge on any atom is 0.325 e. The maximum atomic E-state index is 12.8. The van der Waals surface area contributed by atoms with E-state index in [1.165, 1.54) is 6.92 Å². The van der Waals surface area contributed by atoms with E-state index < -0.39 is 97.6 Å². The number of hydrogen-bond donors (Lipinski definition) is 9. The number of carboxylic acid groups (broad SMARTS) is 3. The number of aliphatic carboxylic acids is 3. The van der Waals surface area contributed by atoms with E-state index in [-0.39, 0.29) is 18.8 Å².